The van der Waals surface area contributed by atoms with E-state index in [2.05, 4.69) is 45.0 Å². The summed E-state index contributed by atoms with van der Waals surface area (Å²) in [6, 6.07) is 20.6. The van der Waals surface area contributed by atoms with Gasteiger partial charge in [0.25, 0.3) is 0 Å². The molecule has 0 N–H and O–H groups in total. The zero-order valence-electron chi connectivity index (χ0n) is 15.3. The molecule has 2 aromatic rings. The van der Waals surface area contributed by atoms with Crippen LogP contribution < -0.4 is 4.90 Å². The van der Waals surface area contributed by atoms with Crippen LogP contribution >= 0.6 is 11.8 Å². The van der Waals surface area contributed by atoms with Crippen LogP contribution in [0.1, 0.15) is 27.2 Å². The van der Waals surface area contributed by atoms with Crippen LogP contribution in [-0.4, -0.2) is 18.2 Å². The lowest BCUT2D eigenvalue weighted by Crippen LogP contribution is -2.28. The summed E-state index contributed by atoms with van der Waals surface area (Å²) in [6.07, 6.45) is 0.940. The summed E-state index contributed by atoms with van der Waals surface area (Å²) in [4.78, 5) is 16.4. The molecule has 0 aromatic heterocycles. The molecule has 0 aliphatic carbocycles. The molecule has 2 nitrogen and oxygen atoms in total. The Bertz CT molecular complexity index is 693. The van der Waals surface area contributed by atoms with Gasteiger partial charge in [-0.25, -0.2) is 0 Å². The second-order valence-electron chi connectivity index (χ2n) is 8.04. The van der Waals surface area contributed by atoms with Gasteiger partial charge in [-0.15, -0.1) is 11.8 Å². The zero-order chi connectivity index (χ0) is 17.9. The summed E-state index contributed by atoms with van der Waals surface area (Å²) < 4.78 is 0. The van der Waals surface area contributed by atoms with Gasteiger partial charge in [0.1, 0.15) is 0 Å². The topological polar surface area (TPSA) is 20.3 Å². The molecule has 1 aliphatic rings. The van der Waals surface area contributed by atoms with Gasteiger partial charge in [0.05, 0.1) is 0 Å². The third kappa shape index (κ3) is 4.66. The van der Waals surface area contributed by atoms with Crippen LogP contribution in [0.2, 0.25) is 0 Å². The average Bonchev–Trinajstić information content (AvgIpc) is 2.89. The Kier molecular flexibility index (Phi) is 5.53. The highest BCUT2D eigenvalue weighted by Crippen LogP contribution is 2.39. The van der Waals surface area contributed by atoms with E-state index in [1.807, 2.05) is 53.1 Å². The highest BCUT2D eigenvalue weighted by molar-refractivity contribution is 7.99. The van der Waals surface area contributed by atoms with E-state index < -0.39 is 0 Å². The number of carbonyl (C=O) groups excluding carboxylic acids is 1. The Morgan fingerprint density at radius 2 is 1.60 bits per heavy atom. The molecule has 1 saturated heterocycles. The summed E-state index contributed by atoms with van der Waals surface area (Å²) in [5, 5.41) is 0. The fourth-order valence-corrected chi connectivity index (χ4v) is 4.59. The molecule has 1 fully saturated rings. The molecule has 1 aliphatic heterocycles. The Morgan fingerprint density at radius 1 is 1.00 bits per heavy atom. The molecule has 0 saturated carbocycles. The lowest BCUT2D eigenvalue weighted by Gasteiger charge is -2.25. The number of carbonyl (C=O) groups is 1. The molecule has 25 heavy (non-hydrogen) atoms. The lowest BCUT2D eigenvalue weighted by atomic mass is 9.80. The van der Waals surface area contributed by atoms with Crippen molar-refractivity contribution in [3.63, 3.8) is 0 Å². The average molecular weight is 354 g/mol. The minimum Gasteiger partial charge on any atom is -0.312 e. The second kappa shape index (κ2) is 7.65. The third-order valence-electron chi connectivity index (χ3n) is 4.68. The minimum absolute atomic E-state index is 0.108. The van der Waals surface area contributed by atoms with Crippen LogP contribution in [0.5, 0.6) is 0 Å². The summed E-state index contributed by atoms with van der Waals surface area (Å²) in [5.74, 6) is 1.77. The molecule has 2 aromatic carbocycles. The van der Waals surface area contributed by atoms with Gasteiger partial charge in [-0.2, -0.15) is 0 Å². The summed E-state index contributed by atoms with van der Waals surface area (Å²) in [7, 11) is 0. The van der Waals surface area contributed by atoms with Crippen molar-refractivity contribution < 1.29 is 4.79 Å². The van der Waals surface area contributed by atoms with E-state index >= 15 is 0 Å². The lowest BCUT2D eigenvalue weighted by molar-refractivity contribution is -0.121. The molecule has 132 valence electrons. The van der Waals surface area contributed by atoms with E-state index in [4.69, 9.17) is 0 Å². The minimum atomic E-state index is 0.108. The fourth-order valence-electron chi connectivity index (χ4n) is 3.50. The van der Waals surface area contributed by atoms with Gasteiger partial charge in [0.2, 0.25) is 5.91 Å². The maximum absolute atomic E-state index is 13.1. The Labute approximate surface area is 155 Å². The van der Waals surface area contributed by atoms with Crippen LogP contribution in [0.25, 0.3) is 0 Å². The quantitative estimate of drug-likeness (QED) is 0.662. The predicted molar refractivity (Wildman–Crippen MR) is 107 cm³/mol. The number of hydrogen-bond acceptors (Lipinski definition) is 2. The van der Waals surface area contributed by atoms with Crippen molar-refractivity contribution in [2.24, 2.45) is 17.3 Å². The highest BCUT2D eigenvalue weighted by Gasteiger charge is 2.42. The molecule has 3 rings (SSSR count). The first-order chi connectivity index (χ1) is 11.9. The number of rotatable bonds is 5. The van der Waals surface area contributed by atoms with Crippen molar-refractivity contribution in [3.05, 3.63) is 60.7 Å². The number of hydrogen-bond donors (Lipinski definition) is 0. The van der Waals surface area contributed by atoms with Crippen molar-refractivity contribution >= 4 is 23.4 Å². The van der Waals surface area contributed by atoms with Crippen LogP contribution in [-0.2, 0) is 4.79 Å². The van der Waals surface area contributed by atoms with Crippen molar-refractivity contribution in [3.8, 4) is 0 Å². The molecular weight excluding hydrogens is 326 g/mol. The van der Waals surface area contributed by atoms with Gasteiger partial charge >= 0.3 is 0 Å². The first-order valence-corrected chi connectivity index (χ1v) is 9.97. The SMILES string of the molecule is CC(C)(C)C[C@H]1C(=O)N(c2ccccc2)C[C@@H]1CSc1ccccc1. The number of thioether (sulfide) groups is 1. The van der Waals surface area contributed by atoms with Crippen LogP contribution in [0.3, 0.4) is 0 Å². The van der Waals surface area contributed by atoms with Gasteiger partial charge in [0.15, 0.2) is 0 Å². The maximum atomic E-state index is 13.1. The van der Waals surface area contributed by atoms with E-state index in [0.29, 0.717) is 11.8 Å². The standard InChI is InChI=1S/C22H27NOS/c1-22(2,3)14-20-17(16-25-19-12-8-5-9-13-19)15-23(21(20)24)18-10-6-4-7-11-18/h4-13,17,20H,14-16H2,1-3H3/t17-,20-/m1/s1. The van der Waals surface area contributed by atoms with E-state index in [1.165, 1.54) is 4.90 Å². The van der Waals surface area contributed by atoms with E-state index in [9.17, 15) is 4.79 Å². The molecule has 3 heteroatoms. The smallest absolute Gasteiger partial charge is 0.230 e. The third-order valence-corrected chi connectivity index (χ3v) is 5.88. The van der Waals surface area contributed by atoms with Crippen LogP contribution in [0.15, 0.2) is 65.6 Å². The highest BCUT2D eigenvalue weighted by atomic mass is 32.2. The molecule has 0 unspecified atom stereocenters. The summed E-state index contributed by atoms with van der Waals surface area (Å²) >= 11 is 1.87. The normalized spacial score (nSPS) is 20.9. The van der Waals surface area contributed by atoms with Crippen LogP contribution in [0.4, 0.5) is 5.69 Å². The van der Waals surface area contributed by atoms with Gasteiger partial charge in [-0.05, 0) is 42.0 Å². The molecule has 0 radical (unpaired) electrons. The van der Waals surface area contributed by atoms with Gasteiger partial charge < -0.3 is 4.90 Å². The van der Waals surface area contributed by atoms with Crippen LogP contribution in [0, 0.1) is 17.3 Å². The van der Waals surface area contributed by atoms with Gasteiger partial charge in [0, 0.05) is 28.8 Å². The summed E-state index contributed by atoms with van der Waals surface area (Å²) in [5.41, 5.74) is 1.18. The van der Waals surface area contributed by atoms with E-state index in [-0.39, 0.29) is 11.3 Å². The molecule has 1 heterocycles. The monoisotopic (exact) mass is 353 g/mol. The van der Waals surface area contributed by atoms with Crippen molar-refractivity contribution in [2.75, 3.05) is 17.2 Å². The number of amides is 1. The van der Waals surface area contributed by atoms with Crippen molar-refractivity contribution in [1.29, 1.82) is 0 Å². The Morgan fingerprint density at radius 3 is 2.20 bits per heavy atom. The first-order valence-electron chi connectivity index (χ1n) is 8.98. The number of nitrogens with zero attached hydrogens (tertiary/aromatic N) is 1. The number of para-hydroxylation sites is 1. The second-order valence-corrected chi connectivity index (χ2v) is 9.13. The van der Waals surface area contributed by atoms with Crippen molar-refractivity contribution in [1.82, 2.24) is 0 Å². The molecule has 1 amide bonds. The molecule has 0 spiro atoms. The Hall–Kier alpha value is -1.74. The van der Waals surface area contributed by atoms with Gasteiger partial charge in [-0.3, -0.25) is 4.79 Å². The largest absolute Gasteiger partial charge is 0.312 e. The molecule has 2 atom stereocenters. The fraction of sp³-hybridized carbons (Fsp3) is 0.409. The predicted octanol–water partition coefficient (Wildman–Crippen LogP) is 5.49. The zero-order valence-corrected chi connectivity index (χ0v) is 16.1. The van der Waals surface area contributed by atoms with Crippen molar-refractivity contribution in [2.45, 2.75) is 32.1 Å². The number of anilines is 1. The summed E-state index contributed by atoms with van der Waals surface area (Å²) in [6.45, 7) is 7.51. The maximum Gasteiger partial charge on any atom is 0.230 e. The van der Waals surface area contributed by atoms with E-state index in [1.54, 1.807) is 0 Å². The Balaban J connectivity index is 1.77. The molecular formula is C22H27NOS. The van der Waals surface area contributed by atoms with Gasteiger partial charge in [-0.1, -0.05) is 57.2 Å². The first kappa shape index (κ1) is 18.1. The number of benzene rings is 2. The molecule has 0 bridgehead atoms. The van der Waals surface area contributed by atoms with E-state index in [0.717, 1.165) is 24.4 Å².